The van der Waals surface area contributed by atoms with Gasteiger partial charge in [0.2, 0.25) is 10.6 Å². The lowest BCUT2D eigenvalue weighted by atomic mass is 10.2. The zero-order valence-electron chi connectivity index (χ0n) is 10.3. The first-order valence-electron chi connectivity index (χ1n) is 5.34. The fraction of sp³-hybridized carbons (Fsp3) is 0.200. The number of rotatable bonds is 2. The van der Waals surface area contributed by atoms with Crippen LogP contribution in [0.1, 0.15) is 5.82 Å². The van der Waals surface area contributed by atoms with Crippen molar-refractivity contribution in [2.75, 3.05) is 0 Å². The minimum atomic E-state index is -4.79. The first-order valence-corrected chi connectivity index (χ1v) is 5.74. The van der Waals surface area contributed by atoms with Crippen LogP contribution in [0, 0.1) is 14.9 Å². The molecule has 0 aliphatic rings. The van der Waals surface area contributed by atoms with Gasteiger partial charge in [0, 0.05) is 13.1 Å². The number of aromatic nitrogens is 3. The summed E-state index contributed by atoms with van der Waals surface area (Å²) in [6, 6.07) is 2.79. The Balaban J connectivity index is 2.76. The molecule has 2 rings (SSSR count). The lowest BCUT2D eigenvalue weighted by Crippen LogP contribution is -2.14. The summed E-state index contributed by atoms with van der Waals surface area (Å²) in [5.41, 5.74) is -0.948. The highest BCUT2D eigenvalue weighted by Crippen LogP contribution is 2.33. The number of nitro groups is 1. The van der Waals surface area contributed by atoms with Crippen molar-refractivity contribution in [3.8, 4) is 11.4 Å². The van der Waals surface area contributed by atoms with Gasteiger partial charge in [-0.2, -0.15) is 13.2 Å². The second kappa shape index (κ2) is 4.84. The molecular formula is C10H7F3N4O3S. The summed E-state index contributed by atoms with van der Waals surface area (Å²) in [6.45, 7) is 0. The van der Waals surface area contributed by atoms with Gasteiger partial charge in [-0.3, -0.25) is 14.7 Å². The van der Waals surface area contributed by atoms with Crippen molar-refractivity contribution < 1.29 is 23.2 Å². The number of aryl methyl sites for hydroxylation is 1. The lowest BCUT2D eigenvalue weighted by Gasteiger charge is -2.09. The van der Waals surface area contributed by atoms with E-state index >= 15 is 0 Å². The lowest BCUT2D eigenvalue weighted by molar-refractivity contribution is -0.385. The van der Waals surface area contributed by atoms with Gasteiger partial charge in [0.15, 0.2) is 5.75 Å². The molecule has 1 aromatic carbocycles. The molecule has 0 saturated carbocycles. The third-order valence-corrected chi connectivity index (χ3v) is 3.04. The molecule has 0 aliphatic carbocycles. The first kappa shape index (κ1) is 15.0. The van der Waals surface area contributed by atoms with E-state index in [1.54, 1.807) is 0 Å². The van der Waals surface area contributed by atoms with Crippen molar-refractivity contribution >= 4 is 17.9 Å². The number of benzene rings is 1. The Morgan fingerprint density at radius 2 is 2.05 bits per heavy atom. The van der Waals surface area contributed by atoms with Crippen LogP contribution >= 0.6 is 12.2 Å². The van der Waals surface area contributed by atoms with Crippen molar-refractivity contribution in [2.24, 2.45) is 7.05 Å². The summed E-state index contributed by atoms with van der Waals surface area (Å²) in [5, 5.41) is 23.4. The van der Waals surface area contributed by atoms with Crippen molar-refractivity contribution in [3.63, 3.8) is 0 Å². The minimum absolute atomic E-state index is 0.218. The molecule has 11 heteroatoms. The Bertz CT molecular complexity index is 781. The van der Waals surface area contributed by atoms with Crippen LogP contribution in [0.3, 0.4) is 0 Å². The van der Waals surface area contributed by atoms with E-state index < -0.39 is 28.4 Å². The van der Waals surface area contributed by atoms with E-state index in [2.05, 4.69) is 5.10 Å². The van der Waals surface area contributed by atoms with E-state index in [0.29, 0.717) is 4.57 Å². The van der Waals surface area contributed by atoms with Crippen LogP contribution in [-0.4, -0.2) is 24.4 Å². The van der Waals surface area contributed by atoms with E-state index in [-0.39, 0.29) is 10.5 Å². The molecule has 7 nitrogen and oxygen atoms in total. The Morgan fingerprint density at radius 1 is 1.43 bits per heavy atom. The molecule has 0 spiro atoms. The second-order valence-electron chi connectivity index (χ2n) is 3.99. The quantitative estimate of drug-likeness (QED) is 0.522. The molecule has 0 saturated heterocycles. The fourth-order valence-electron chi connectivity index (χ4n) is 1.68. The maximum atomic E-state index is 12.9. The van der Waals surface area contributed by atoms with Gasteiger partial charge in [-0.25, -0.2) is 4.68 Å². The summed E-state index contributed by atoms with van der Waals surface area (Å²) in [6.07, 6.45) is -4.79. The summed E-state index contributed by atoms with van der Waals surface area (Å²) in [4.78, 5) is 9.83. The molecule has 1 N–H and O–H groups in total. The second-order valence-corrected chi connectivity index (χ2v) is 4.36. The van der Waals surface area contributed by atoms with Crippen LogP contribution in [0.4, 0.5) is 18.9 Å². The largest absolute Gasteiger partial charge is 0.502 e. The van der Waals surface area contributed by atoms with Crippen molar-refractivity contribution in [2.45, 2.75) is 6.18 Å². The zero-order chi connectivity index (χ0) is 15.9. The normalized spacial score (nSPS) is 11.6. The number of phenols is 1. The van der Waals surface area contributed by atoms with E-state index in [1.807, 2.05) is 0 Å². The van der Waals surface area contributed by atoms with Gasteiger partial charge >= 0.3 is 11.9 Å². The molecule has 0 unspecified atom stereocenters. The smallest absolute Gasteiger partial charge is 0.452 e. The summed E-state index contributed by atoms with van der Waals surface area (Å²) in [7, 11) is 1.23. The van der Waals surface area contributed by atoms with Crippen LogP contribution in [-0.2, 0) is 13.2 Å². The molecule has 2 aromatic rings. The highest BCUT2D eigenvalue weighted by atomic mass is 32.1. The molecule has 0 bridgehead atoms. The van der Waals surface area contributed by atoms with Gasteiger partial charge in [0.05, 0.1) is 10.6 Å². The molecule has 0 aliphatic heterocycles. The molecule has 0 fully saturated rings. The van der Waals surface area contributed by atoms with Gasteiger partial charge in [-0.05, 0) is 24.4 Å². The van der Waals surface area contributed by atoms with E-state index in [0.717, 1.165) is 22.9 Å². The Labute approximate surface area is 120 Å². The summed E-state index contributed by atoms with van der Waals surface area (Å²) in [5.74, 6) is -1.97. The monoisotopic (exact) mass is 320 g/mol. The summed E-state index contributed by atoms with van der Waals surface area (Å²) >= 11 is 4.84. The predicted octanol–water partition coefficient (Wildman–Crippen LogP) is 2.57. The van der Waals surface area contributed by atoms with Gasteiger partial charge in [-0.1, -0.05) is 0 Å². The number of halogens is 3. The average molecular weight is 320 g/mol. The molecule has 1 heterocycles. The zero-order valence-corrected chi connectivity index (χ0v) is 11.1. The van der Waals surface area contributed by atoms with Gasteiger partial charge < -0.3 is 5.11 Å². The van der Waals surface area contributed by atoms with Gasteiger partial charge in [0.1, 0.15) is 0 Å². The van der Waals surface area contributed by atoms with E-state index in [9.17, 15) is 28.4 Å². The van der Waals surface area contributed by atoms with Crippen molar-refractivity contribution in [3.05, 3.63) is 38.9 Å². The number of hydrogen-bond donors (Lipinski definition) is 1. The van der Waals surface area contributed by atoms with Gasteiger partial charge in [0.25, 0.3) is 0 Å². The number of phenolic OH excluding ortho intramolecular Hbond substituents is 1. The maximum absolute atomic E-state index is 12.9. The molecule has 0 atom stereocenters. The number of aromatic hydroxyl groups is 1. The van der Waals surface area contributed by atoms with Crippen LogP contribution in [0.15, 0.2) is 18.2 Å². The number of nitrogens with zero attached hydrogens (tertiary/aromatic N) is 4. The number of hydrogen-bond acceptors (Lipinski definition) is 5. The SMILES string of the molecule is Cn1nc(C(F)(F)F)n(-c2ccc(O)c([N+](=O)[O-])c2)c1=S. The Kier molecular flexibility index (Phi) is 3.45. The van der Waals surface area contributed by atoms with Crippen molar-refractivity contribution in [1.29, 1.82) is 0 Å². The summed E-state index contributed by atoms with van der Waals surface area (Å²) < 4.78 is 39.9. The van der Waals surface area contributed by atoms with E-state index in [4.69, 9.17) is 12.2 Å². The topological polar surface area (TPSA) is 86.1 Å². The number of nitro benzene ring substituents is 1. The highest BCUT2D eigenvalue weighted by molar-refractivity contribution is 7.71. The minimum Gasteiger partial charge on any atom is -0.502 e. The van der Waals surface area contributed by atoms with Crippen molar-refractivity contribution in [1.82, 2.24) is 14.3 Å². The average Bonchev–Trinajstić information content (AvgIpc) is 2.66. The first-order chi connectivity index (χ1) is 9.62. The molecular weight excluding hydrogens is 313 g/mol. The van der Waals surface area contributed by atoms with Crippen LogP contribution < -0.4 is 0 Å². The third-order valence-electron chi connectivity index (χ3n) is 2.59. The molecule has 21 heavy (non-hydrogen) atoms. The standard InChI is InChI=1S/C10H7F3N4O3S/c1-15-9(21)16(8(14-15)10(11,12)13)5-2-3-7(18)6(4-5)17(19)20/h2-4,18H,1H3. The fourth-order valence-corrected chi connectivity index (χ4v) is 1.91. The van der Waals surface area contributed by atoms with Gasteiger partial charge in [-0.15, -0.1) is 5.10 Å². The molecule has 0 radical (unpaired) electrons. The Hall–Kier alpha value is -2.43. The van der Waals surface area contributed by atoms with E-state index in [1.165, 1.54) is 7.05 Å². The third kappa shape index (κ3) is 2.59. The van der Waals surface area contributed by atoms with Crippen LogP contribution in [0.2, 0.25) is 0 Å². The van der Waals surface area contributed by atoms with Crippen LogP contribution in [0.5, 0.6) is 5.75 Å². The highest BCUT2D eigenvalue weighted by Gasteiger charge is 2.38. The predicted molar refractivity (Wildman–Crippen MR) is 66.7 cm³/mol. The number of alkyl halides is 3. The molecule has 0 amide bonds. The Morgan fingerprint density at radius 3 is 2.57 bits per heavy atom. The molecule has 112 valence electrons. The maximum Gasteiger partial charge on any atom is 0.452 e. The molecule has 1 aromatic heterocycles. The van der Waals surface area contributed by atoms with Crippen LogP contribution in [0.25, 0.3) is 5.69 Å².